The number of aromatic nitrogens is 1. The number of hydrogen-bond acceptors (Lipinski definition) is 6. The number of thiophene rings is 1. The Labute approximate surface area is 186 Å². The molecule has 154 valence electrons. The van der Waals surface area contributed by atoms with Gasteiger partial charge in [0.1, 0.15) is 6.04 Å². The minimum absolute atomic E-state index is 0.195. The van der Waals surface area contributed by atoms with Crippen LogP contribution >= 0.6 is 34.3 Å². The van der Waals surface area contributed by atoms with Gasteiger partial charge in [0.05, 0.1) is 21.9 Å². The van der Waals surface area contributed by atoms with Gasteiger partial charge in [-0.1, -0.05) is 41.1 Å². The molecule has 0 radical (unpaired) electrons. The highest BCUT2D eigenvalue weighted by atomic mass is 35.5. The normalized spacial score (nSPS) is 16.6. The molecule has 4 rings (SSSR count). The summed E-state index contributed by atoms with van der Waals surface area (Å²) in [5.41, 5.74) is 1.59. The van der Waals surface area contributed by atoms with Crippen LogP contribution in [0.5, 0.6) is 0 Å². The molecule has 3 aromatic rings. The molecule has 0 bridgehead atoms. The lowest BCUT2D eigenvalue weighted by Gasteiger charge is -2.24. The molecule has 0 spiro atoms. The number of nitrogens with zero attached hydrogens (tertiary/aromatic N) is 2. The summed E-state index contributed by atoms with van der Waals surface area (Å²) in [5.74, 6) is -0.450. The molecule has 30 heavy (non-hydrogen) atoms. The molecule has 0 saturated carbocycles. The van der Waals surface area contributed by atoms with Crippen LogP contribution in [0.15, 0.2) is 62.8 Å². The van der Waals surface area contributed by atoms with Crippen LogP contribution in [-0.2, 0) is 9.53 Å². The van der Waals surface area contributed by atoms with Crippen LogP contribution in [-0.4, -0.2) is 16.6 Å². The molecular formula is C22H19ClN2O3S2. The van der Waals surface area contributed by atoms with Crippen LogP contribution in [0.4, 0.5) is 0 Å². The van der Waals surface area contributed by atoms with Crippen molar-refractivity contribution >= 4 is 46.3 Å². The maximum absolute atomic E-state index is 13.4. The Morgan fingerprint density at radius 1 is 1.30 bits per heavy atom. The molecular weight excluding hydrogens is 440 g/mol. The van der Waals surface area contributed by atoms with Gasteiger partial charge in [-0.05, 0) is 56.0 Å². The number of hydrogen-bond donors (Lipinski definition) is 0. The van der Waals surface area contributed by atoms with Crippen molar-refractivity contribution in [2.75, 3.05) is 0 Å². The van der Waals surface area contributed by atoms with Crippen LogP contribution in [0.2, 0.25) is 5.02 Å². The van der Waals surface area contributed by atoms with Crippen molar-refractivity contribution in [3.05, 3.63) is 88.2 Å². The van der Waals surface area contributed by atoms with E-state index in [1.807, 2.05) is 29.6 Å². The number of halogens is 1. The maximum atomic E-state index is 13.4. The second-order valence-corrected chi connectivity index (χ2v) is 9.53. The number of benzene rings is 1. The third-order valence-electron chi connectivity index (χ3n) is 4.54. The number of fused-ring (bicyclic) bond motifs is 1. The predicted octanol–water partition coefficient (Wildman–Crippen LogP) is 3.90. The lowest BCUT2D eigenvalue weighted by atomic mass is 10.0. The molecule has 3 heterocycles. The van der Waals surface area contributed by atoms with E-state index in [1.165, 1.54) is 22.7 Å². The third-order valence-corrected chi connectivity index (χ3v) is 6.69. The van der Waals surface area contributed by atoms with Gasteiger partial charge in [0, 0.05) is 9.90 Å². The van der Waals surface area contributed by atoms with Crippen LogP contribution in [0, 0.1) is 0 Å². The van der Waals surface area contributed by atoms with Gasteiger partial charge in [0.15, 0.2) is 4.80 Å². The Morgan fingerprint density at radius 3 is 2.77 bits per heavy atom. The van der Waals surface area contributed by atoms with Crippen molar-refractivity contribution in [3.63, 3.8) is 0 Å². The second kappa shape index (κ2) is 8.34. The summed E-state index contributed by atoms with van der Waals surface area (Å²) in [6.45, 7) is 5.38. The summed E-state index contributed by atoms with van der Waals surface area (Å²) in [4.78, 5) is 32.3. The minimum atomic E-state index is -0.561. The first-order valence-electron chi connectivity index (χ1n) is 9.37. The van der Waals surface area contributed by atoms with Crippen LogP contribution in [0.25, 0.3) is 6.08 Å². The van der Waals surface area contributed by atoms with Gasteiger partial charge in [-0.3, -0.25) is 9.36 Å². The van der Waals surface area contributed by atoms with Gasteiger partial charge in [0.2, 0.25) is 0 Å². The Kier molecular flexibility index (Phi) is 5.77. The standard InChI is InChI=1S/C22H19ClN2O3S2/c1-12(2)28-21(27)18-13(3)24-22-25(19(18)16-8-5-9-29-16)20(26)17(30-22)11-14-6-4-7-15(23)10-14/h4-12,19H,1-3H3. The highest BCUT2D eigenvalue weighted by molar-refractivity contribution is 7.10. The number of ether oxygens (including phenoxy) is 1. The highest BCUT2D eigenvalue weighted by Gasteiger charge is 2.34. The molecule has 2 aromatic heterocycles. The van der Waals surface area contributed by atoms with Gasteiger partial charge in [0.25, 0.3) is 5.56 Å². The SMILES string of the molecule is CC1=C(C(=O)OC(C)C)C(c2cccs2)n2c(sc(=Cc3cccc(Cl)c3)c2=O)=N1. The summed E-state index contributed by atoms with van der Waals surface area (Å²) in [7, 11) is 0. The smallest absolute Gasteiger partial charge is 0.338 e. The summed E-state index contributed by atoms with van der Waals surface area (Å²) in [6, 6.07) is 10.6. The molecule has 1 aromatic carbocycles. The number of carbonyl (C=O) groups excluding carboxylic acids is 1. The van der Waals surface area contributed by atoms with E-state index in [2.05, 4.69) is 4.99 Å². The largest absolute Gasteiger partial charge is 0.459 e. The van der Waals surface area contributed by atoms with E-state index in [4.69, 9.17) is 16.3 Å². The molecule has 1 unspecified atom stereocenters. The molecule has 1 aliphatic rings. The molecule has 0 N–H and O–H groups in total. The number of esters is 1. The molecule has 5 nitrogen and oxygen atoms in total. The quantitative estimate of drug-likeness (QED) is 0.557. The van der Waals surface area contributed by atoms with Gasteiger partial charge < -0.3 is 4.74 Å². The van der Waals surface area contributed by atoms with Gasteiger partial charge in [-0.2, -0.15) is 0 Å². The first kappa shape index (κ1) is 20.8. The fourth-order valence-electron chi connectivity index (χ4n) is 3.32. The zero-order chi connectivity index (χ0) is 21.4. The fraction of sp³-hybridized carbons (Fsp3) is 0.227. The first-order chi connectivity index (χ1) is 14.3. The predicted molar refractivity (Wildman–Crippen MR) is 121 cm³/mol. The van der Waals surface area contributed by atoms with E-state index in [0.29, 0.717) is 25.6 Å². The monoisotopic (exact) mass is 458 g/mol. The van der Waals surface area contributed by atoms with E-state index in [9.17, 15) is 9.59 Å². The van der Waals surface area contributed by atoms with Gasteiger partial charge in [-0.15, -0.1) is 11.3 Å². The van der Waals surface area contributed by atoms with Crippen molar-refractivity contribution < 1.29 is 9.53 Å². The molecule has 0 fully saturated rings. The molecule has 1 atom stereocenters. The van der Waals surface area contributed by atoms with Crippen molar-refractivity contribution in [2.45, 2.75) is 32.9 Å². The van der Waals surface area contributed by atoms with Crippen LogP contribution in [0.3, 0.4) is 0 Å². The first-order valence-corrected chi connectivity index (χ1v) is 11.4. The van der Waals surface area contributed by atoms with E-state index in [0.717, 1.165) is 10.4 Å². The fourth-order valence-corrected chi connectivity index (χ4v) is 5.39. The maximum Gasteiger partial charge on any atom is 0.338 e. The van der Waals surface area contributed by atoms with Gasteiger partial charge >= 0.3 is 5.97 Å². The zero-order valence-corrected chi connectivity index (χ0v) is 19.0. The molecule has 0 aliphatic carbocycles. The van der Waals surface area contributed by atoms with Crippen molar-refractivity contribution in [1.29, 1.82) is 0 Å². The second-order valence-electron chi connectivity index (χ2n) is 7.11. The van der Waals surface area contributed by atoms with E-state index < -0.39 is 12.0 Å². The number of thiazole rings is 1. The summed E-state index contributed by atoms with van der Waals surface area (Å²) in [5, 5.41) is 2.53. The Morgan fingerprint density at radius 2 is 2.10 bits per heavy atom. The molecule has 0 amide bonds. The van der Waals surface area contributed by atoms with Gasteiger partial charge in [-0.25, -0.2) is 9.79 Å². The van der Waals surface area contributed by atoms with E-state index >= 15 is 0 Å². The molecule has 8 heteroatoms. The summed E-state index contributed by atoms with van der Waals surface area (Å²) < 4.78 is 7.60. The minimum Gasteiger partial charge on any atom is -0.459 e. The van der Waals surface area contributed by atoms with E-state index in [-0.39, 0.29) is 11.7 Å². The Hall–Kier alpha value is -2.48. The van der Waals surface area contributed by atoms with Crippen LogP contribution < -0.4 is 14.9 Å². The summed E-state index contributed by atoms with van der Waals surface area (Å²) in [6.07, 6.45) is 1.53. The zero-order valence-electron chi connectivity index (χ0n) is 16.6. The number of rotatable bonds is 4. The number of carbonyl (C=O) groups is 1. The Balaban J connectivity index is 1.93. The van der Waals surface area contributed by atoms with Crippen LogP contribution in [0.1, 0.15) is 37.3 Å². The lowest BCUT2D eigenvalue weighted by Crippen LogP contribution is -2.39. The Bertz CT molecular complexity index is 1320. The highest BCUT2D eigenvalue weighted by Crippen LogP contribution is 2.33. The van der Waals surface area contributed by atoms with Crippen molar-refractivity contribution in [3.8, 4) is 0 Å². The average Bonchev–Trinajstić information content (AvgIpc) is 3.29. The van der Waals surface area contributed by atoms with Crippen molar-refractivity contribution in [2.24, 2.45) is 4.99 Å². The third kappa shape index (κ3) is 3.93. The lowest BCUT2D eigenvalue weighted by molar-refractivity contribution is -0.143. The van der Waals surface area contributed by atoms with Crippen molar-refractivity contribution in [1.82, 2.24) is 4.57 Å². The number of allylic oxidation sites excluding steroid dienone is 1. The molecule has 0 saturated heterocycles. The molecule has 1 aliphatic heterocycles. The summed E-state index contributed by atoms with van der Waals surface area (Å²) >= 11 is 8.87. The average molecular weight is 459 g/mol. The topological polar surface area (TPSA) is 60.7 Å². The van der Waals surface area contributed by atoms with E-state index in [1.54, 1.807) is 43.5 Å².